The van der Waals surface area contributed by atoms with Crippen molar-refractivity contribution in [3.63, 3.8) is 0 Å². The lowest BCUT2D eigenvalue weighted by atomic mass is 9.93. The minimum absolute atomic E-state index is 0.0253. The zero-order valence-corrected chi connectivity index (χ0v) is 22.4. The first-order chi connectivity index (χ1) is 19.5. The Morgan fingerprint density at radius 3 is 1.98 bits per heavy atom. The summed E-state index contributed by atoms with van der Waals surface area (Å²) >= 11 is 0. The van der Waals surface area contributed by atoms with E-state index in [1.807, 2.05) is 95.9 Å². The lowest BCUT2D eigenvalue weighted by Crippen LogP contribution is -2.46. The molecule has 8 nitrogen and oxygen atoms in total. The maximum Gasteiger partial charge on any atom is 0.329 e. The predicted octanol–water partition coefficient (Wildman–Crippen LogP) is 4.49. The molecule has 1 N–H and O–H groups in total. The van der Waals surface area contributed by atoms with Gasteiger partial charge in [-0.05, 0) is 29.5 Å². The third kappa shape index (κ3) is 8.53. The van der Waals surface area contributed by atoms with Gasteiger partial charge in [0.25, 0.3) is 0 Å². The van der Waals surface area contributed by atoms with Crippen LogP contribution in [0.3, 0.4) is 0 Å². The van der Waals surface area contributed by atoms with Gasteiger partial charge in [0.05, 0.1) is 18.9 Å². The summed E-state index contributed by atoms with van der Waals surface area (Å²) in [5, 5.41) is 2.65. The number of rotatable bonds is 14. The number of amides is 2. The van der Waals surface area contributed by atoms with Crippen LogP contribution in [0.15, 0.2) is 91.0 Å². The van der Waals surface area contributed by atoms with E-state index in [-0.39, 0.29) is 43.9 Å². The van der Waals surface area contributed by atoms with Crippen molar-refractivity contribution in [2.45, 2.75) is 57.4 Å². The Kier molecular flexibility index (Phi) is 10.4. The number of carbonyl (C=O) groups excluding carboxylic acids is 4. The molecule has 0 spiro atoms. The van der Waals surface area contributed by atoms with Gasteiger partial charge in [0, 0.05) is 13.0 Å². The highest BCUT2D eigenvalue weighted by molar-refractivity contribution is 5.88. The number of likely N-dealkylation sites (tertiary alicyclic amines) is 1. The first-order valence-corrected chi connectivity index (χ1v) is 13.5. The highest BCUT2D eigenvalue weighted by Gasteiger charge is 2.36. The van der Waals surface area contributed by atoms with E-state index in [0.717, 1.165) is 16.7 Å². The molecule has 40 heavy (non-hydrogen) atoms. The van der Waals surface area contributed by atoms with Crippen LogP contribution in [0.25, 0.3) is 0 Å². The summed E-state index contributed by atoms with van der Waals surface area (Å²) < 4.78 is 10.7. The van der Waals surface area contributed by atoms with Crippen LogP contribution < -0.4 is 5.32 Å². The van der Waals surface area contributed by atoms with E-state index >= 15 is 0 Å². The maximum atomic E-state index is 12.8. The van der Waals surface area contributed by atoms with Crippen LogP contribution in [0.5, 0.6) is 0 Å². The van der Waals surface area contributed by atoms with Crippen LogP contribution in [-0.4, -0.2) is 41.2 Å². The van der Waals surface area contributed by atoms with Crippen molar-refractivity contribution >= 4 is 23.8 Å². The predicted molar refractivity (Wildman–Crippen MR) is 148 cm³/mol. The SMILES string of the molecule is O=C(CCCCN1C(=O)CC1c1ccccc1)N[C@@H](CC(=O)OCc1ccccc1)C(=O)OCc1ccccc1. The monoisotopic (exact) mass is 542 g/mol. The highest BCUT2D eigenvalue weighted by atomic mass is 16.5. The van der Waals surface area contributed by atoms with E-state index in [1.54, 1.807) is 0 Å². The molecule has 1 aliphatic heterocycles. The Hall–Kier alpha value is -4.46. The summed E-state index contributed by atoms with van der Waals surface area (Å²) in [5.74, 6) is -1.58. The molecule has 8 heteroatoms. The van der Waals surface area contributed by atoms with Gasteiger partial charge in [-0.3, -0.25) is 14.4 Å². The molecule has 0 aliphatic carbocycles. The standard InChI is InChI=1S/C32H34N2O6/c35-29(18-10-11-19-34-28(21-30(34)36)26-16-8-3-9-17-26)33-27(32(38)40-23-25-14-6-2-7-15-25)20-31(37)39-22-24-12-4-1-5-13-24/h1-9,12-17,27-28H,10-11,18-23H2,(H,33,35)/t27-,28?/m0/s1. The molecular weight excluding hydrogens is 508 g/mol. The van der Waals surface area contributed by atoms with E-state index in [9.17, 15) is 19.2 Å². The summed E-state index contributed by atoms with van der Waals surface area (Å²) in [4.78, 5) is 52.0. The topological polar surface area (TPSA) is 102 Å². The van der Waals surface area contributed by atoms with Gasteiger partial charge in [-0.1, -0.05) is 91.0 Å². The molecule has 1 saturated heterocycles. The van der Waals surface area contributed by atoms with Crippen molar-refractivity contribution in [2.24, 2.45) is 0 Å². The first kappa shape index (κ1) is 28.5. The fourth-order valence-electron chi connectivity index (χ4n) is 4.53. The molecule has 3 aromatic rings. The second kappa shape index (κ2) is 14.6. The van der Waals surface area contributed by atoms with Crippen LogP contribution in [0.2, 0.25) is 0 Å². The number of nitrogens with one attached hydrogen (secondary N) is 1. The zero-order valence-electron chi connectivity index (χ0n) is 22.4. The Bertz CT molecular complexity index is 1270. The van der Waals surface area contributed by atoms with Crippen molar-refractivity contribution in [1.82, 2.24) is 10.2 Å². The van der Waals surface area contributed by atoms with Gasteiger partial charge in [0.1, 0.15) is 19.3 Å². The molecular formula is C32H34N2O6. The molecule has 3 aromatic carbocycles. The molecule has 1 unspecified atom stereocenters. The fraction of sp³-hybridized carbons (Fsp3) is 0.312. The van der Waals surface area contributed by atoms with E-state index in [4.69, 9.17) is 9.47 Å². The number of benzene rings is 3. The van der Waals surface area contributed by atoms with E-state index < -0.39 is 18.0 Å². The molecule has 208 valence electrons. The number of hydrogen-bond donors (Lipinski definition) is 1. The highest BCUT2D eigenvalue weighted by Crippen LogP contribution is 2.34. The van der Waals surface area contributed by atoms with Crippen molar-refractivity contribution in [2.75, 3.05) is 6.54 Å². The number of β-lactam (4-membered cyclic amide) rings is 1. The summed E-state index contributed by atoms with van der Waals surface area (Å²) in [6.45, 7) is 0.649. The molecule has 1 heterocycles. The quantitative estimate of drug-likeness (QED) is 0.183. The van der Waals surface area contributed by atoms with E-state index in [2.05, 4.69) is 5.32 Å². The van der Waals surface area contributed by atoms with Crippen LogP contribution in [-0.2, 0) is 41.9 Å². The number of esters is 2. The second-order valence-corrected chi connectivity index (χ2v) is 9.74. The molecule has 1 aliphatic rings. The van der Waals surface area contributed by atoms with Gasteiger partial charge in [0.15, 0.2) is 0 Å². The third-order valence-corrected chi connectivity index (χ3v) is 6.76. The zero-order chi connectivity index (χ0) is 28.2. The molecule has 1 fully saturated rings. The van der Waals surface area contributed by atoms with Crippen molar-refractivity contribution in [1.29, 1.82) is 0 Å². The third-order valence-electron chi connectivity index (χ3n) is 6.76. The lowest BCUT2D eigenvalue weighted by Gasteiger charge is -2.41. The molecule has 0 radical (unpaired) electrons. The number of carbonyl (C=O) groups is 4. The summed E-state index contributed by atoms with van der Waals surface area (Å²) in [5.41, 5.74) is 2.72. The number of nitrogens with zero attached hydrogens (tertiary/aromatic N) is 1. The maximum absolute atomic E-state index is 12.8. The van der Waals surface area contributed by atoms with Crippen molar-refractivity contribution in [3.8, 4) is 0 Å². The van der Waals surface area contributed by atoms with Gasteiger partial charge < -0.3 is 19.7 Å². The summed E-state index contributed by atoms with van der Waals surface area (Å²) in [7, 11) is 0. The van der Waals surface area contributed by atoms with Crippen LogP contribution in [0, 0.1) is 0 Å². The van der Waals surface area contributed by atoms with Gasteiger partial charge in [-0.15, -0.1) is 0 Å². The average molecular weight is 543 g/mol. The molecule has 2 amide bonds. The average Bonchev–Trinajstić information content (AvgIpc) is 2.98. The van der Waals surface area contributed by atoms with Gasteiger partial charge in [0.2, 0.25) is 11.8 Å². The summed E-state index contributed by atoms with van der Waals surface area (Å²) in [6.07, 6.45) is 1.48. The normalized spacial score (nSPS) is 15.1. The minimum atomic E-state index is -1.17. The lowest BCUT2D eigenvalue weighted by molar-refractivity contribution is -0.155. The van der Waals surface area contributed by atoms with Crippen LogP contribution >= 0.6 is 0 Å². The smallest absolute Gasteiger partial charge is 0.329 e. The van der Waals surface area contributed by atoms with E-state index in [1.165, 1.54) is 0 Å². The Morgan fingerprint density at radius 2 is 1.38 bits per heavy atom. The molecule has 0 bridgehead atoms. The molecule has 2 atom stereocenters. The first-order valence-electron chi connectivity index (χ1n) is 13.5. The Balaban J connectivity index is 1.26. The van der Waals surface area contributed by atoms with Gasteiger partial charge in [-0.2, -0.15) is 0 Å². The molecule has 0 aromatic heterocycles. The fourth-order valence-corrected chi connectivity index (χ4v) is 4.53. The summed E-state index contributed by atoms with van der Waals surface area (Å²) in [6, 6.07) is 27.2. The van der Waals surface area contributed by atoms with Crippen LogP contribution in [0.4, 0.5) is 0 Å². The van der Waals surface area contributed by atoms with Crippen LogP contribution in [0.1, 0.15) is 54.8 Å². The van der Waals surface area contributed by atoms with E-state index in [0.29, 0.717) is 25.8 Å². The molecule has 4 rings (SSSR count). The number of ether oxygens (including phenoxy) is 2. The largest absolute Gasteiger partial charge is 0.461 e. The minimum Gasteiger partial charge on any atom is -0.461 e. The van der Waals surface area contributed by atoms with Gasteiger partial charge in [-0.25, -0.2) is 4.79 Å². The van der Waals surface area contributed by atoms with Crippen molar-refractivity contribution < 1.29 is 28.7 Å². The second-order valence-electron chi connectivity index (χ2n) is 9.74. The van der Waals surface area contributed by atoms with Gasteiger partial charge >= 0.3 is 11.9 Å². The molecule has 0 saturated carbocycles. The van der Waals surface area contributed by atoms with Crippen molar-refractivity contribution in [3.05, 3.63) is 108 Å². The Labute approximate surface area is 234 Å². The number of hydrogen-bond acceptors (Lipinski definition) is 6. The number of unbranched alkanes of at least 4 members (excludes halogenated alkanes) is 1. The Morgan fingerprint density at radius 1 is 0.800 bits per heavy atom.